The third kappa shape index (κ3) is 3.77. The summed E-state index contributed by atoms with van der Waals surface area (Å²) >= 11 is 2.82. The monoisotopic (exact) mass is 413 g/mol. The molecule has 0 aliphatic heterocycles. The number of hydrogen-bond acceptors (Lipinski definition) is 5. The van der Waals surface area contributed by atoms with Gasteiger partial charge in [-0.2, -0.15) is 0 Å². The van der Waals surface area contributed by atoms with Crippen LogP contribution in [0.1, 0.15) is 12.5 Å². The molecule has 146 valence electrons. The van der Waals surface area contributed by atoms with E-state index in [4.69, 9.17) is 4.98 Å². The second kappa shape index (κ2) is 8.32. The van der Waals surface area contributed by atoms with E-state index in [2.05, 4.69) is 6.58 Å². The van der Waals surface area contributed by atoms with Crippen LogP contribution in [-0.4, -0.2) is 39.7 Å². The third-order valence-electron chi connectivity index (χ3n) is 4.43. The number of thioether (sulfide) groups is 1. The van der Waals surface area contributed by atoms with Crippen LogP contribution in [0.5, 0.6) is 0 Å². The number of carbonyl (C=O) groups excluding carboxylic acids is 1. The molecule has 3 aromatic rings. The Bertz CT molecular complexity index is 1080. The van der Waals surface area contributed by atoms with Gasteiger partial charge in [-0.1, -0.05) is 48.2 Å². The highest BCUT2D eigenvalue weighted by molar-refractivity contribution is 8.00. The van der Waals surface area contributed by atoms with Gasteiger partial charge in [-0.3, -0.25) is 14.2 Å². The molecule has 0 aliphatic carbocycles. The molecule has 7 heteroatoms. The molecular formula is C21H23N3O2S2. The number of aryl methyl sites for hydroxylation is 1. The molecule has 0 aliphatic rings. The highest BCUT2D eigenvalue weighted by Crippen LogP contribution is 2.36. The predicted molar refractivity (Wildman–Crippen MR) is 118 cm³/mol. The van der Waals surface area contributed by atoms with Crippen LogP contribution >= 0.6 is 23.1 Å². The lowest BCUT2D eigenvalue weighted by molar-refractivity contribution is -0.127. The minimum atomic E-state index is -0.343. The van der Waals surface area contributed by atoms with Crippen LogP contribution in [0.25, 0.3) is 20.7 Å². The number of amides is 1. The summed E-state index contributed by atoms with van der Waals surface area (Å²) in [6.45, 7) is 7.91. The van der Waals surface area contributed by atoms with Gasteiger partial charge in [-0.05, 0) is 25.0 Å². The Morgan fingerprint density at radius 1 is 1.36 bits per heavy atom. The molecule has 5 nitrogen and oxygen atoms in total. The first kappa shape index (κ1) is 20.4. The van der Waals surface area contributed by atoms with Gasteiger partial charge < -0.3 is 4.90 Å². The van der Waals surface area contributed by atoms with Gasteiger partial charge in [0.2, 0.25) is 5.91 Å². The van der Waals surface area contributed by atoms with Crippen molar-refractivity contribution >= 4 is 39.2 Å². The second-order valence-electron chi connectivity index (χ2n) is 6.69. The van der Waals surface area contributed by atoms with Crippen molar-refractivity contribution in [2.24, 2.45) is 0 Å². The van der Waals surface area contributed by atoms with Gasteiger partial charge in [-0.15, -0.1) is 17.9 Å². The summed E-state index contributed by atoms with van der Waals surface area (Å²) < 4.78 is 1.61. The molecule has 1 aromatic carbocycles. The Morgan fingerprint density at radius 3 is 2.64 bits per heavy atom. The number of aromatic nitrogens is 2. The third-order valence-corrected chi connectivity index (χ3v) is 6.75. The molecule has 0 saturated carbocycles. The summed E-state index contributed by atoms with van der Waals surface area (Å²) in [5.41, 5.74) is 1.92. The lowest BCUT2D eigenvalue weighted by atomic mass is 10.1. The van der Waals surface area contributed by atoms with Crippen LogP contribution in [0, 0.1) is 6.92 Å². The van der Waals surface area contributed by atoms with E-state index in [9.17, 15) is 9.59 Å². The quantitative estimate of drug-likeness (QED) is 0.345. The Balaban J connectivity index is 2.17. The molecule has 0 radical (unpaired) electrons. The summed E-state index contributed by atoms with van der Waals surface area (Å²) in [5.74, 6) is -0.0168. The van der Waals surface area contributed by atoms with Crippen molar-refractivity contribution in [1.29, 1.82) is 0 Å². The maximum absolute atomic E-state index is 13.3. The molecule has 0 N–H and O–H groups in total. The van der Waals surface area contributed by atoms with Crippen molar-refractivity contribution in [1.82, 2.24) is 14.5 Å². The largest absolute Gasteiger partial charge is 0.348 e. The average Bonchev–Trinajstić information content (AvgIpc) is 3.01. The Labute approximate surface area is 172 Å². The van der Waals surface area contributed by atoms with Crippen molar-refractivity contribution in [2.45, 2.75) is 30.8 Å². The van der Waals surface area contributed by atoms with Crippen LogP contribution in [0.4, 0.5) is 0 Å². The maximum Gasteiger partial charge on any atom is 0.263 e. The fourth-order valence-corrected chi connectivity index (χ4v) is 5.31. The molecule has 0 spiro atoms. The predicted octanol–water partition coefficient (Wildman–Crippen LogP) is 4.19. The highest BCUT2D eigenvalue weighted by Gasteiger charge is 2.22. The summed E-state index contributed by atoms with van der Waals surface area (Å²) in [5, 5.41) is 0.840. The van der Waals surface area contributed by atoms with Crippen LogP contribution < -0.4 is 5.56 Å². The Morgan fingerprint density at radius 2 is 2.04 bits per heavy atom. The van der Waals surface area contributed by atoms with Crippen molar-refractivity contribution in [3.05, 3.63) is 58.9 Å². The second-order valence-corrected chi connectivity index (χ2v) is 9.00. The number of thiophene rings is 1. The molecule has 0 unspecified atom stereocenters. The first-order valence-corrected chi connectivity index (χ1v) is 10.6. The number of benzene rings is 1. The lowest BCUT2D eigenvalue weighted by Gasteiger charge is -2.17. The molecule has 0 bridgehead atoms. The van der Waals surface area contributed by atoms with Crippen LogP contribution in [0.2, 0.25) is 0 Å². The molecular weight excluding hydrogens is 390 g/mol. The van der Waals surface area contributed by atoms with Crippen LogP contribution in [0.3, 0.4) is 0 Å². The maximum atomic E-state index is 13.3. The van der Waals surface area contributed by atoms with E-state index in [0.717, 1.165) is 16.0 Å². The van der Waals surface area contributed by atoms with Crippen molar-refractivity contribution in [3.63, 3.8) is 0 Å². The van der Waals surface area contributed by atoms with E-state index in [0.29, 0.717) is 21.9 Å². The SMILES string of the molecule is C=CCn1c(S[C@H](C)C(=O)N(C)C)nc2sc(-c3ccccc3)c(C)c2c1=O. The lowest BCUT2D eigenvalue weighted by Crippen LogP contribution is -2.31. The van der Waals surface area contributed by atoms with Crippen LogP contribution in [-0.2, 0) is 11.3 Å². The van der Waals surface area contributed by atoms with E-state index in [1.807, 2.05) is 44.2 Å². The minimum Gasteiger partial charge on any atom is -0.348 e. The van der Waals surface area contributed by atoms with Crippen molar-refractivity contribution in [3.8, 4) is 10.4 Å². The molecule has 3 rings (SSSR count). The summed E-state index contributed by atoms with van der Waals surface area (Å²) in [4.78, 5) is 33.6. The number of rotatable bonds is 6. The number of allylic oxidation sites excluding steroid dienone is 1. The van der Waals surface area contributed by atoms with E-state index < -0.39 is 0 Å². The molecule has 0 saturated heterocycles. The molecule has 1 atom stereocenters. The molecule has 2 aromatic heterocycles. The van der Waals surface area contributed by atoms with Gasteiger partial charge in [0.15, 0.2) is 5.16 Å². The topological polar surface area (TPSA) is 55.2 Å². The van der Waals surface area contributed by atoms with Gasteiger partial charge in [0.25, 0.3) is 5.56 Å². The number of fused-ring (bicyclic) bond motifs is 1. The van der Waals surface area contributed by atoms with Gasteiger partial charge in [0.05, 0.1) is 10.6 Å². The molecule has 2 heterocycles. The zero-order chi connectivity index (χ0) is 20.4. The van der Waals surface area contributed by atoms with E-state index in [1.54, 1.807) is 29.6 Å². The Kier molecular flexibility index (Phi) is 6.05. The summed E-state index contributed by atoms with van der Waals surface area (Å²) in [6.07, 6.45) is 1.68. The minimum absolute atomic E-state index is 0.0168. The van der Waals surface area contributed by atoms with Crippen molar-refractivity contribution < 1.29 is 4.79 Å². The van der Waals surface area contributed by atoms with Gasteiger partial charge >= 0.3 is 0 Å². The van der Waals surface area contributed by atoms with Gasteiger partial charge in [0, 0.05) is 25.5 Å². The van der Waals surface area contributed by atoms with E-state index in [-0.39, 0.29) is 16.7 Å². The normalized spacial score (nSPS) is 12.1. The average molecular weight is 414 g/mol. The zero-order valence-electron chi connectivity index (χ0n) is 16.4. The number of carbonyl (C=O) groups is 1. The summed E-state index contributed by atoms with van der Waals surface area (Å²) in [7, 11) is 3.45. The molecule has 28 heavy (non-hydrogen) atoms. The number of nitrogens with zero attached hydrogens (tertiary/aromatic N) is 3. The zero-order valence-corrected chi connectivity index (χ0v) is 18.1. The standard InChI is InChI=1S/C21H23N3O2S2/c1-6-12-24-20(26)16-13(2)17(15-10-8-7-9-11-15)28-18(16)22-21(24)27-14(3)19(25)23(4)5/h6-11,14H,1,12H2,2-5H3/t14-/m1/s1. The fraction of sp³-hybridized carbons (Fsp3) is 0.286. The highest BCUT2D eigenvalue weighted by atomic mass is 32.2. The van der Waals surface area contributed by atoms with Gasteiger partial charge in [0.1, 0.15) is 4.83 Å². The first-order valence-electron chi connectivity index (χ1n) is 8.93. The molecule has 1 amide bonds. The molecule has 0 fully saturated rings. The van der Waals surface area contributed by atoms with Crippen molar-refractivity contribution in [2.75, 3.05) is 14.1 Å². The van der Waals surface area contributed by atoms with E-state index >= 15 is 0 Å². The van der Waals surface area contributed by atoms with Gasteiger partial charge in [-0.25, -0.2) is 4.98 Å². The van der Waals surface area contributed by atoms with Crippen LogP contribution in [0.15, 0.2) is 52.9 Å². The Hall–Kier alpha value is -2.38. The smallest absolute Gasteiger partial charge is 0.263 e. The van der Waals surface area contributed by atoms with E-state index in [1.165, 1.54) is 23.1 Å². The summed E-state index contributed by atoms with van der Waals surface area (Å²) in [6, 6.07) is 10.0. The number of hydrogen-bond donors (Lipinski definition) is 0. The fourth-order valence-electron chi connectivity index (χ4n) is 3.01. The first-order chi connectivity index (χ1) is 13.3.